The van der Waals surface area contributed by atoms with Crippen LogP contribution in [0, 0.1) is 23.2 Å². The molecule has 1 saturated carbocycles. The van der Waals surface area contributed by atoms with Gasteiger partial charge in [0.05, 0.1) is 7.11 Å². The maximum Gasteiger partial charge on any atom is 0.221 e. The minimum atomic E-state index is -1.91. The fourth-order valence-electron chi connectivity index (χ4n) is 6.04. The number of rotatable bonds is 1. The number of likely N-dealkylation sites (tertiary alicyclic amines) is 1. The molecule has 0 amide bonds. The van der Waals surface area contributed by atoms with Crippen molar-refractivity contribution in [3.8, 4) is 0 Å². The molecule has 3 fully saturated rings. The largest absolute Gasteiger partial charge is 0.493 e. The minimum absolute atomic E-state index is 0.186. The molecule has 3 aliphatic carbocycles. The maximum atomic E-state index is 10.6. The SMILES string of the molecule is COC1=C2O[C@H]3C(O)(O)C=C[C@H]4[C@H]5CC(C=C1)C2[C@]43CCN5C. The highest BCUT2D eigenvalue weighted by Gasteiger charge is 2.72. The molecule has 0 aromatic rings. The van der Waals surface area contributed by atoms with Crippen LogP contribution in [0.3, 0.4) is 0 Å². The van der Waals surface area contributed by atoms with Gasteiger partial charge in [0.25, 0.3) is 0 Å². The van der Waals surface area contributed by atoms with E-state index in [0.29, 0.717) is 17.9 Å². The Labute approximate surface area is 135 Å². The topological polar surface area (TPSA) is 62.2 Å². The Bertz CT molecular complexity index is 651. The fraction of sp³-hybridized carbons (Fsp3) is 0.667. The molecule has 5 nitrogen and oxygen atoms in total. The number of hydrogen-bond donors (Lipinski definition) is 2. The van der Waals surface area contributed by atoms with Gasteiger partial charge in [-0.1, -0.05) is 12.2 Å². The third-order valence-corrected chi connectivity index (χ3v) is 6.93. The standard InChI is InChI=1S/C18H23NO4/c1-19-8-7-17-11-5-6-18(20,21)16(17)23-15-13(22-2)4-3-10(14(15)17)9-12(11)19/h3-6,10-12,14,16,20-21H,7-9H2,1-2H3/t10?,11-,12+,14?,16+,17-/m0/s1. The average Bonchev–Trinajstić information content (AvgIpc) is 2.88. The van der Waals surface area contributed by atoms with Gasteiger partial charge in [-0.3, -0.25) is 0 Å². The summed E-state index contributed by atoms with van der Waals surface area (Å²) in [5.41, 5.74) is -0.248. The third kappa shape index (κ3) is 1.49. The van der Waals surface area contributed by atoms with Crippen LogP contribution in [0.4, 0.5) is 0 Å². The van der Waals surface area contributed by atoms with Crippen molar-refractivity contribution in [1.82, 2.24) is 4.90 Å². The number of nitrogens with zero attached hydrogens (tertiary/aromatic N) is 1. The third-order valence-electron chi connectivity index (χ3n) is 6.93. The van der Waals surface area contributed by atoms with Crippen LogP contribution in [0.1, 0.15) is 12.8 Å². The van der Waals surface area contributed by atoms with Crippen LogP contribution in [-0.4, -0.2) is 53.7 Å². The first-order valence-electron chi connectivity index (χ1n) is 8.46. The summed E-state index contributed by atoms with van der Waals surface area (Å²) in [5.74, 6) is 0.506. The highest BCUT2D eigenvalue weighted by atomic mass is 16.6. The molecule has 6 atom stereocenters. The zero-order valence-corrected chi connectivity index (χ0v) is 13.5. The van der Waals surface area contributed by atoms with Gasteiger partial charge in [0, 0.05) is 23.3 Å². The van der Waals surface area contributed by atoms with Gasteiger partial charge in [-0.25, -0.2) is 0 Å². The molecule has 2 unspecified atom stereocenters. The minimum Gasteiger partial charge on any atom is -0.493 e. The molecule has 23 heavy (non-hydrogen) atoms. The van der Waals surface area contributed by atoms with E-state index >= 15 is 0 Å². The summed E-state index contributed by atoms with van der Waals surface area (Å²) in [5, 5.41) is 21.2. The summed E-state index contributed by atoms with van der Waals surface area (Å²) in [6.07, 6.45) is 9.17. The number of aliphatic hydroxyl groups is 2. The second-order valence-corrected chi connectivity index (χ2v) is 7.75. The zero-order valence-electron chi connectivity index (χ0n) is 13.5. The Hall–Kier alpha value is -1.30. The highest BCUT2D eigenvalue weighted by molar-refractivity contribution is 5.38. The van der Waals surface area contributed by atoms with Crippen molar-refractivity contribution in [1.29, 1.82) is 0 Å². The van der Waals surface area contributed by atoms with Gasteiger partial charge >= 0.3 is 0 Å². The smallest absolute Gasteiger partial charge is 0.221 e. The van der Waals surface area contributed by atoms with Gasteiger partial charge in [-0.05, 0) is 44.5 Å². The van der Waals surface area contributed by atoms with Crippen molar-refractivity contribution in [2.75, 3.05) is 20.7 Å². The van der Waals surface area contributed by atoms with Crippen LogP contribution in [0.2, 0.25) is 0 Å². The normalized spacial score (nSPS) is 49.0. The summed E-state index contributed by atoms with van der Waals surface area (Å²) < 4.78 is 11.7. The second-order valence-electron chi connectivity index (χ2n) is 7.75. The lowest BCUT2D eigenvalue weighted by atomic mass is 9.47. The molecule has 0 radical (unpaired) electrons. The van der Waals surface area contributed by atoms with E-state index in [-0.39, 0.29) is 11.3 Å². The van der Waals surface area contributed by atoms with E-state index in [4.69, 9.17) is 9.47 Å². The summed E-state index contributed by atoms with van der Waals surface area (Å²) in [6.45, 7) is 0.966. The first-order chi connectivity index (χ1) is 11.0. The van der Waals surface area contributed by atoms with E-state index in [1.807, 2.05) is 12.2 Å². The quantitative estimate of drug-likeness (QED) is 0.558. The zero-order chi connectivity index (χ0) is 16.0. The molecule has 124 valence electrons. The molecule has 2 saturated heterocycles. The molecule has 5 heteroatoms. The molecule has 2 N–H and O–H groups in total. The van der Waals surface area contributed by atoms with E-state index in [1.165, 1.54) is 6.08 Å². The van der Waals surface area contributed by atoms with Crippen molar-refractivity contribution in [2.24, 2.45) is 23.2 Å². The van der Waals surface area contributed by atoms with Crippen molar-refractivity contribution in [3.05, 3.63) is 35.8 Å². The van der Waals surface area contributed by atoms with Gasteiger partial charge in [-0.15, -0.1) is 0 Å². The average molecular weight is 317 g/mol. The predicted octanol–water partition coefficient (Wildman–Crippen LogP) is 1.01. The second kappa shape index (κ2) is 4.21. The Kier molecular flexibility index (Phi) is 2.57. The number of allylic oxidation sites excluding steroid dienone is 3. The van der Waals surface area contributed by atoms with E-state index in [2.05, 4.69) is 18.0 Å². The van der Waals surface area contributed by atoms with Crippen LogP contribution in [0.5, 0.6) is 0 Å². The van der Waals surface area contributed by atoms with Crippen LogP contribution < -0.4 is 0 Å². The van der Waals surface area contributed by atoms with E-state index in [1.54, 1.807) is 7.11 Å². The van der Waals surface area contributed by atoms with E-state index in [0.717, 1.165) is 30.9 Å². The monoisotopic (exact) mass is 317 g/mol. The molecule has 1 spiro atoms. The maximum absolute atomic E-state index is 10.6. The Morgan fingerprint density at radius 1 is 1.35 bits per heavy atom. The van der Waals surface area contributed by atoms with Crippen molar-refractivity contribution in [2.45, 2.75) is 30.8 Å². The fourth-order valence-corrected chi connectivity index (χ4v) is 6.04. The lowest BCUT2D eigenvalue weighted by molar-refractivity contribution is -0.242. The first kappa shape index (κ1) is 14.1. The predicted molar refractivity (Wildman–Crippen MR) is 82.9 cm³/mol. The number of methoxy groups -OCH3 is 1. The van der Waals surface area contributed by atoms with Gasteiger partial charge in [-0.2, -0.15) is 0 Å². The Balaban J connectivity index is 1.75. The molecule has 0 aromatic heterocycles. The molecule has 2 heterocycles. The van der Waals surface area contributed by atoms with Gasteiger partial charge in [0.15, 0.2) is 11.9 Å². The number of piperidine rings is 1. The molecular formula is C18H23NO4. The summed E-state index contributed by atoms with van der Waals surface area (Å²) in [7, 11) is 3.83. The highest BCUT2D eigenvalue weighted by Crippen LogP contribution is 2.68. The molecule has 0 aromatic carbocycles. The van der Waals surface area contributed by atoms with E-state index < -0.39 is 11.9 Å². The first-order valence-corrected chi connectivity index (χ1v) is 8.46. The van der Waals surface area contributed by atoms with Gasteiger partial charge in [0.2, 0.25) is 5.79 Å². The number of hydrogen-bond acceptors (Lipinski definition) is 5. The van der Waals surface area contributed by atoms with Crippen LogP contribution in [0.15, 0.2) is 35.8 Å². The Morgan fingerprint density at radius 2 is 2.17 bits per heavy atom. The van der Waals surface area contributed by atoms with Crippen LogP contribution >= 0.6 is 0 Å². The van der Waals surface area contributed by atoms with Crippen molar-refractivity contribution < 1.29 is 19.7 Å². The van der Waals surface area contributed by atoms with Crippen molar-refractivity contribution in [3.63, 3.8) is 0 Å². The lowest BCUT2D eigenvalue weighted by Crippen LogP contribution is -2.67. The summed E-state index contributed by atoms with van der Waals surface area (Å²) in [6, 6.07) is 0.427. The summed E-state index contributed by atoms with van der Waals surface area (Å²) >= 11 is 0. The lowest BCUT2D eigenvalue weighted by Gasteiger charge is -2.60. The summed E-state index contributed by atoms with van der Waals surface area (Å²) in [4.78, 5) is 2.43. The van der Waals surface area contributed by atoms with Crippen LogP contribution in [0.25, 0.3) is 0 Å². The van der Waals surface area contributed by atoms with Crippen molar-refractivity contribution >= 4 is 0 Å². The molecular weight excluding hydrogens is 294 g/mol. The van der Waals surface area contributed by atoms with Gasteiger partial charge in [0.1, 0.15) is 5.76 Å². The Morgan fingerprint density at radius 3 is 2.96 bits per heavy atom. The van der Waals surface area contributed by atoms with Gasteiger partial charge < -0.3 is 24.6 Å². The van der Waals surface area contributed by atoms with Crippen LogP contribution in [-0.2, 0) is 9.47 Å². The van der Waals surface area contributed by atoms with E-state index in [9.17, 15) is 10.2 Å². The molecule has 2 aliphatic heterocycles. The molecule has 5 rings (SSSR count). The molecule has 5 aliphatic rings. The molecule has 2 bridgehead atoms. The number of ether oxygens (including phenoxy) is 2.